The van der Waals surface area contributed by atoms with E-state index in [1.807, 2.05) is 12.1 Å². The molecule has 298 valence electrons. The number of nitrogen functional groups attached to an aromatic ring is 2. The predicted octanol–water partition coefficient (Wildman–Crippen LogP) is 11.5. The van der Waals surface area contributed by atoms with E-state index >= 15 is 0 Å². The first-order valence-corrected chi connectivity index (χ1v) is 24.3. The van der Waals surface area contributed by atoms with Gasteiger partial charge in [0, 0.05) is 5.41 Å². The summed E-state index contributed by atoms with van der Waals surface area (Å²) < 4.78 is 0. The second kappa shape index (κ2) is 10.7. The molecule has 0 heterocycles. The first-order chi connectivity index (χ1) is 27.1. The van der Waals surface area contributed by atoms with Crippen molar-refractivity contribution >= 4 is 11.4 Å². The summed E-state index contributed by atoms with van der Waals surface area (Å²) in [5.41, 5.74) is 18.8. The molecule has 56 heavy (non-hydrogen) atoms. The maximum atomic E-state index is 11.0. The smallest absolute Gasteiger partial charge is 0.138 e. The number of hydrogen-bond donors (Lipinski definition) is 4. The normalized spacial score (nSPS) is 54.4. The van der Waals surface area contributed by atoms with Gasteiger partial charge in [-0.3, -0.25) is 0 Å². The number of hydrogen-bond acceptors (Lipinski definition) is 4. The van der Waals surface area contributed by atoms with Gasteiger partial charge in [-0.05, 0) is 275 Å². The summed E-state index contributed by atoms with van der Waals surface area (Å²) in [6.45, 7) is 0. The highest BCUT2D eigenvalue weighted by Crippen LogP contribution is 2.87. The highest BCUT2D eigenvalue weighted by atomic mass is 16.3. The highest BCUT2D eigenvalue weighted by Gasteiger charge is 2.80. The third-order valence-electron chi connectivity index (χ3n) is 22.5. The first kappa shape index (κ1) is 33.5. The lowest BCUT2D eigenvalue weighted by Crippen LogP contribution is -2.76. The Morgan fingerprint density at radius 3 is 1.32 bits per heavy atom. The Morgan fingerprint density at radius 1 is 0.446 bits per heavy atom. The standard InChI is InChI=1S/C52H68N2O2/c53-42-17-39(1-3-44(42)55)52(40-2-4-45(56)43(54)18-40)41-15-35-10-36(16-41)27-51(52,26-35)50-24-33-9-34(25-50)14-38(13-33)47(50)49-22-31-8-32(23-49)12-37(11-31)46(49)48-19-28-5-29(20-48)7-30(6-28)21-48/h1-4,17-18,28-38,41,46-47,55-56H,5-16,19-27,53-54H2. The first-order valence-electron chi connectivity index (χ1n) is 24.3. The lowest BCUT2D eigenvalue weighted by atomic mass is 9.21. The fraction of sp³-hybridized carbons (Fsp3) is 0.769. The van der Waals surface area contributed by atoms with Gasteiger partial charge in [0.1, 0.15) is 11.5 Å². The van der Waals surface area contributed by atoms with E-state index in [4.69, 9.17) is 11.5 Å². The summed E-state index contributed by atoms with van der Waals surface area (Å²) >= 11 is 0. The molecule has 16 bridgehead atoms. The molecule has 4 nitrogen and oxygen atoms in total. The molecule has 2 aromatic rings. The minimum absolute atomic E-state index is 0.123. The van der Waals surface area contributed by atoms with Crippen LogP contribution in [0.5, 0.6) is 11.5 Å². The lowest BCUT2D eigenvalue weighted by molar-refractivity contribution is -0.321. The van der Waals surface area contributed by atoms with Gasteiger partial charge in [0.15, 0.2) is 0 Å². The van der Waals surface area contributed by atoms with Crippen molar-refractivity contribution in [2.45, 2.75) is 140 Å². The topological polar surface area (TPSA) is 92.5 Å². The van der Waals surface area contributed by atoms with E-state index in [9.17, 15) is 10.2 Å². The molecular formula is C52H68N2O2. The van der Waals surface area contributed by atoms with Gasteiger partial charge in [0.25, 0.3) is 0 Å². The Labute approximate surface area is 335 Å². The van der Waals surface area contributed by atoms with Gasteiger partial charge in [0.2, 0.25) is 0 Å². The number of nitrogens with two attached hydrogens (primary N) is 2. The van der Waals surface area contributed by atoms with Crippen LogP contribution >= 0.6 is 0 Å². The molecule has 16 aliphatic carbocycles. The van der Waals surface area contributed by atoms with E-state index in [1.54, 1.807) is 70.6 Å². The minimum atomic E-state index is -0.230. The molecule has 0 saturated heterocycles. The van der Waals surface area contributed by atoms with Crippen molar-refractivity contribution in [3.8, 4) is 11.5 Å². The average molecular weight is 753 g/mol. The molecule has 4 heteroatoms. The van der Waals surface area contributed by atoms with Crippen LogP contribution in [-0.2, 0) is 5.41 Å². The monoisotopic (exact) mass is 753 g/mol. The van der Waals surface area contributed by atoms with Crippen LogP contribution in [0.1, 0.15) is 146 Å². The molecule has 2 aromatic carbocycles. The molecule has 0 radical (unpaired) electrons. The van der Waals surface area contributed by atoms with Crippen LogP contribution in [0.15, 0.2) is 36.4 Å². The van der Waals surface area contributed by atoms with Crippen LogP contribution in [0.3, 0.4) is 0 Å². The second-order valence-electron chi connectivity index (χ2n) is 24.8. The maximum absolute atomic E-state index is 11.0. The summed E-state index contributed by atoms with van der Waals surface area (Å²) in [6, 6.07) is 13.0. The van der Waals surface area contributed by atoms with Gasteiger partial charge >= 0.3 is 0 Å². The van der Waals surface area contributed by atoms with Crippen molar-refractivity contribution in [3.05, 3.63) is 47.5 Å². The van der Waals surface area contributed by atoms with Crippen molar-refractivity contribution in [2.75, 3.05) is 11.5 Å². The van der Waals surface area contributed by atoms with Crippen molar-refractivity contribution in [1.82, 2.24) is 0 Å². The predicted molar refractivity (Wildman–Crippen MR) is 221 cm³/mol. The van der Waals surface area contributed by atoms with E-state index < -0.39 is 0 Å². The van der Waals surface area contributed by atoms with Gasteiger partial charge in [-0.25, -0.2) is 0 Å². The molecular weight excluding hydrogens is 685 g/mol. The fourth-order valence-electron chi connectivity index (χ4n) is 23.6. The Balaban J connectivity index is 1.04. The van der Waals surface area contributed by atoms with E-state index in [-0.39, 0.29) is 22.3 Å². The van der Waals surface area contributed by atoms with Gasteiger partial charge < -0.3 is 21.7 Å². The summed E-state index contributed by atoms with van der Waals surface area (Å²) in [6.07, 6.45) is 31.5. The molecule has 0 amide bonds. The maximum Gasteiger partial charge on any atom is 0.138 e. The van der Waals surface area contributed by atoms with Crippen molar-refractivity contribution < 1.29 is 10.2 Å². The summed E-state index contributed by atoms with van der Waals surface area (Å²) in [5, 5.41) is 22.1. The number of benzene rings is 2. The largest absolute Gasteiger partial charge is 0.506 e. The van der Waals surface area contributed by atoms with Crippen molar-refractivity contribution in [2.24, 2.45) is 105 Å². The fourth-order valence-corrected chi connectivity index (χ4v) is 23.6. The third-order valence-corrected chi connectivity index (χ3v) is 22.5. The highest BCUT2D eigenvalue weighted by molar-refractivity contribution is 5.62. The molecule has 16 aliphatic rings. The summed E-state index contributed by atoms with van der Waals surface area (Å²) in [7, 11) is 0. The van der Waals surface area contributed by atoms with Crippen LogP contribution in [-0.4, -0.2) is 10.2 Å². The number of anilines is 2. The van der Waals surface area contributed by atoms with Crippen LogP contribution in [0.4, 0.5) is 11.4 Å². The van der Waals surface area contributed by atoms with Crippen LogP contribution in [0.2, 0.25) is 0 Å². The van der Waals surface area contributed by atoms with Crippen molar-refractivity contribution in [1.29, 1.82) is 0 Å². The third kappa shape index (κ3) is 3.88. The average Bonchev–Trinajstić information content (AvgIpc) is 3.12. The molecule has 0 aromatic heterocycles. The molecule has 6 N–H and O–H groups in total. The van der Waals surface area contributed by atoms with E-state index in [0.717, 1.165) is 76.9 Å². The number of phenolic OH excluding ortho intramolecular Hbond substituents is 2. The van der Waals surface area contributed by atoms with Crippen LogP contribution in [0.25, 0.3) is 0 Å². The van der Waals surface area contributed by atoms with Gasteiger partial charge in [-0.1, -0.05) is 12.1 Å². The molecule has 18 rings (SSSR count). The Morgan fingerprint density at radius 2 is 0.857 bits per heavy atom. The zero-order valence-electron chi connectivity index (χ0n) is 33.9. The summed E-state index contributed by atoms with van der Waals surface area (Å²) in [5.74, 6) is 13.1. The van der Waals surface area contributed by atoms with Gasteiger partial charge in [0.05, 0.1) is 11.4 Å². The van der Waals surface area contributed by atoms with Crippen LogP contribution in [0, 0.1) is 105 Å². The van der Waals surface area contributed by atoms with Gasteiger partial charge in [-0.15, -0.1) is 0 Å². The molecule has 8 unspecified atom stereocenters. The number of aromatic hydroxyl groups is 2. The Kier molecular flexibility index (Phi) is 6.38. The molecule has 16 fully saturated rings. The zero-order chi connectivity index (χ0) is 37.1. The number of rotatable bonds is 5. The molecule has 16 saturated carbocycles. The Hall–Kier alpha value is -2.36. The van der Waals surface area contributed by atoms with E-state index in [1.165, 1.54) is 75.3 Å². The molecule has 0 spiro atoms. The molecule has 8 atom stereocenters. The Bertz CT molecular complexity index is 1890. The van der Waals surface area contributed by atoms with Crippen LogP contribution < -0.4 is 11.5 Å². The van der Waals surface area contributed by atoms with E-state index in [0.29, 0.717) is 33.5 Å². The quantitative estimate of drug-likeness (QED) is 0.181. The SMILES string of the molecule is Nc1cc(C2(c3ccc(O)c(N)c3)C3CC4CC(C3)CC2(C23CC5CC(CC(C5)C2C25CC6CC(CC(C6)C2C26CC7CC(CC(C7)C2)C6)C5)C3)C4)ccc1O. The minimum Gasteiger partial charge on any atom is -0.506 e. The van der Waals surface area contributed by atoms with Gasteiger partial charge in [-0.2, -0.15) is 0 Å². The number of phenols is 2. The second-order valence-corrected chi connectivity index (χ2v) is 24.8. The lowest BCUT2D eigenvalue weighted by Gasteiger charge is -2.82. The molecule has 0 aliphatic heterocycles. The van der Waals surface area contributed by atoms with E-state index in [2.05, 4.69) is 24.3 Å². The van der Waals surface area contributed by atoms with Crippen molar-refractivity contribution in [3.63, 3.8) is 0 Å². The zero-order valence-corrected chi connectivity index (χ0v) is 33.9. The summed E-state index contributed by atoms with van der Waals surface area (Å²) in [4.78, 5) is 0.